The van der Waals surface area contributed by atoms with Gasteiger partial charge in [0.15, 0.2) is 0 Å². The molecule has 0 saturated carbocycles. The highest BCUT2D eigenvalue weighted by Gasteiger charge is 2.11. The molecular formula is C12H11FN2O2. The molecule has 2 rings (SSSR count). The zero-order chi connectivity index (χ0) is 12.4. The van der Waals surface area contributed by atoms with Gasteiger partial charge in [0.05, 0.1) is 11.8 Å². The van der Waals surface area contributed by atoms with Crippen LogP contribution in [0.4, 0.5) is 4.39 Å². The monoisotopic (exact) mass is 234 g/mol. The molecular weight excluding hydrogens is 223 g/mol. The number of nitrogens with zero attached hydrogens (tertiary/aromatic N) is 2. The third kappa shape index (κ3) is 2.18. The fourth-order valence-electron chi connectivity index (χ4n) is 1.55. The van der Waals surface area contributed by atoms with E-state index in [1.165, 1.54) is 12.1 Å². The lowest BCUT2D eigenvalue weighted by Crippen LogP contribution is -2.00. The average Bonchev–Trinajstić information content (AvgIpc) is 2.76. The summed E-state index contributed by atoms with van der Waals surface area (Å²) in [4.78, 5) is 10.7. The molecule has 0 fully saturated rings. The minimum absolute atomic E-state index is 0.323. The van der Waals surface area contributed by atoms with Crippen molar-refractivity contribution in [2.24, 2.45) is 0 Å². The van der Waals surface area contributed by atoms with Crippen LogP contribution in [0.1, 0.15) is 17.3 Å². The molecule has 2 aromatic rings. The largest absolute Gasteiger partial charge is 0.478 e. The maximum atomic E-state index is 13.5. The van der Waals surface area contributed by atoms with E-state index in [2.05, 4.69) is 5.10 Å². The minimum Gasteiger partial charge on any atom is -0.478 e. The number of halogens is 1. The number of carboxylic acids is 1. The number of rotatable bonds is 3. The number of carbonyl (C=O) groups is 1. The summed E-state index contributed by atoms with van der Waals surface area (Å²) in [6.07, 6.45) is 3.41. The van der Waals surface area contributed by atoms with Gasteiger partial charge in [-0.1, -0.05) is 6.07 Å². The summed E-state index contributed by atoms with van der Waals surface area (Å²) in [5, 5.41) is 12.8. The second-order valence-electron chi connectivity index (χ2n) is 3.58. The van der Waals surface area contributed by atoms with E-state index in [1.807, 2.05) is 6.92 Å². The Balaban J connectivity index is 2.40. The topological polar surface area (TPSA) is 55.1 Å². The second kappa shape index (κ2) is 4.37. The van der Waals surface area contributed by atoms with Gasteiger partial charge in [0, 0.05) is 18.3 Å². The number of aromatic carboxylic acids is 1. The molecule has 17 heavy (non-hydrogen) atoms. The molecule has 0 saturated heterocycles. The number of aryl methyl sites for hydroxylation is 1. The van der Waals surface area contributed by atoms with E-state index in [1.54, 1.807) is 23.1 Å². The molecule has 0 atom stereocenters. The van der Waals surface area contributed by atoms with Crippen LogP contribution in [-0.4, -0.2) is 20.9 Å². The van der Waals surface area contributed by atoms with Gasteiger partial charge < -0.3 is 5.11 Å². The molecule has 88 valence electrons. The van der Waals surface area contributed by atoms with E-state index in [0.29, 0.717) is 5.56 Å². The Morgan fingerprint density at radius 2 is 2.24 bits per heavy atom. The van der Waals surface area contributed by atoms with Crippen LogP contribution in [0.15, 0.2) is 30.6 Å². The zero-order valence-corrected chi connectivity index (χ0v) is 9.22. The Hall–Kier alpha value is -2.17. The van der Waals surface area contributed by atoms with Crippen molar-refractivity contribution in [3.05, 3.63) is 42.0 Å². The first-order chi connectivity index (χ1) is 8.11. The predicted molar refractivity (Wildman–Crippen MR) is 60.3 cm³/mol. The fourth-order valence-corrected chi connectivity index (χ4v) is 1.55. The van der Waals surface area contributed by atoms with Crippen molar-refractivity contribution in [1.29, 1.82) is 0 Å². The summed E-state index contributed by atoms with van der Waals surface area (Å²) in [5.41, 5.74) is 1.06. The van der Waals surface area contributed by atoms with E-state index in [0.717, 1.165) is 12.1 Å². The van der Waals surface area contributed by atoms with E-state index < -0.39 is 11.8 Å². The SMILES string of the molecule is CCn1cc(-c2ccc(C(=O)O)c(F)c2)cn1. The van der Waals surface area contributed by atoms with E-state index in [9.17, 15) is 9.18 Å². The van der Waals surface area contributed by atoms with Crippen molar-refractivity contribution in [2.75, 3.05) is 0 Å². The number of aromatic nitrogens is 2. The Kier molecular flexibility index (Phi) is 2.91. The molecule has 1 aromatic carbocycles. The highest BCUT2D eigenvalue weighted by atomic mass is 19.1. The van der Waals surface area contributed by atoms with Crippen LogP contribution in [0, 0.1) is 5.82 Å². The summed E-state index contributed by atoms with van der Waals surface area (Å²) < 4.78 is 15.2. The summed E-state index contributed by atoms with van der Waals surface area (Å²) in [6.45, 7) is 2.68. The fraction of sp³-hybridized carbons (Fsp3) is 0.167. The molecule has 0 bridgehead atoms. The molecule has 1 aromatic heterocycles. The number of hydrogen-bond donors (Lipinski definition) is 1. The van der Waals surface area contributed by atoms with Crippen LogP contribution in [0.3, 0.4) is 0 Å². The first-order valence-electron chi connectivity index (χ1n) is 5.17. The highest BCUT2D eigenvalue weighted by molar-refractivity contribution is 5.88. The van der Waals surface area contributed by atoms with Crippen molar-refractivity contribution in [1.82, 2.24) is 9.78 Å². The first kappa shape index (κ1) is 11.3. The van der Waals surface area contributed by atoms with Crippen LogP contribution in [0.5, 0.6) is 0 Å². The first-order valence-corrected chi connectivity index (χ1v) is 5.17. The quantitative estimate of drug-likeness (QED) is 0.887. The molecule has 0 spiro atoms. The Morgan fingerprint density at radius 1 is 1.47 bits per heavy atom. The van der Waals surface area contributed by atoms with Gasteiger partial charge in [0.2, 0.25) is 0 Å². The second-order valence-corrected chi connectivity index (χ2v) is 3.58. The molecule has 5 heteroatoms. The number of carboxylic acid groups (broad SMARTS) is 1. The third-order valence-corrected chi connectivity index (χ3v) is 2.49. The normalized spacial score (nSPS) is 10.5. The smallest absolute Gasteiger partial charge is 0.338 e. The van der Waals surface area contributed by atoms with Crippen molar-refractivity contribution >= 4 is 5.97 Å². The lowest BCUT2D eigenvalue weighted by molar-refractivity contribution is 0.0692. The molecule has 0 radical (unpaired) electrons. The van der Waals surface area contributed by atoms with Gasteiger partial charge >= 0.3 is 5.97 Å². The minimum atomic E-state index is -1.27. The van der Waals surface area contributed by atoms with Gasteiger partial charge in [-0.25, -0.2) is 9.18 Å². The molecule has 1 N–H and O–H groups in total. The zero-order valence-electron chi connectivity index (χ0n) is 9.22. The van der Waals surface area contributed by atoms with Crippen LogP contribution >= 0.6 is 0 Å². The molecule has 1 heterocycles. The summed E-state index contributed by atoms with van der Waals surface area (Å²) in [6, 6.07) is 4.04. The Morgan fingerprint density at radius 3 is 2.76 bits per heavy atom. The molecule has 0 amide bonds. The van der Waals surface area contributed by atoms with Gasteiger partial charge in [0.1, 0.15) is 5.82 Å². The van der Waals surface area contributed by atoms with Gasteiger partial charge in [-0.2, -0.15) is 5.10 Å². The van der Waals surface area contributed by atoms with E-state index in [-0.39, 0.29) is 5.56 Å². The summed E-state index contributed by atoms with van der Waals surface area (Å²) in [5.74, 6) is -2.00. The van der Waals surface area contributed by atoms with Crippen molar-refractivity contribution in [3.8, 4) is 11.1 Å². The lowest BCUT2D eigenvalue weighted by Gasteiger charge is -2.00. The number of hydrogen-bond acceptors (Lipinski definition) is 2. The summed E-state index contributed by atoms with van der Waals surface area (Å²) in [7, 11) is 0. The summed E-state index contributed by atoms with van der Waals surface area (Å²) >= 11 is 0. The molecule has 0 unspecified atom stereocenters. The highest BCUT2D eigenvalue weighted by Crippen LogP contribution is 2.21. The van der Waals surface area contributed by atoms with Crippen molar-refractivity contribution in [2.45, 2.75) is 13.5 Å². The third-order valence-electron chi connectivity index (χ3n) is 2.49. The molecule has 0 aliphatic heterocycles. The Labute approximate surface area is 97.3 Å². The van der Waals surface area contributed by atoms with E-state index >= 15 is 0 Å². The van der Waals surface area contributed by atoms with Crippen LogP contribution in [0.2, 0.25) is 0 Å². The molecule has 0 aliphatic carbocycles. The van der Waals surface area contributed by atoms with Gasteiger partial charge in [-0.15, -0.1) is 0 Å². The van der Waals surface area contributed by atoms with Crippen LogP contribution < -0.4 is 0 Å². The lowest BCUT2D eigenvalue weighted by atomic mass is 10.1. The van der Waals surface area contributed by atoms with Crippen molar-refractivity contribution in [3.63, 3.8) is 0 Å². The van der Waals surface area contributed by atoms with E-state index in [4.69, 9.17) is 5.11 Å². The van der Waals surface area contributed by atoms with Gasteiger partial charge in [0.25, 0.3) is 0 Å². The average molecular weight is 234 g/mol. The predicted octanol–water partition coefficient (Wildman–Crippen LogP) is 2.41. The van der Waals surface area contributed by atoms with Crippen molar-refractivity contribution < 1.29 is 14.3 Å². The van der Waals surface area contributed by atoms with Crippen LogP contribution in [0.25, 0.3) is 11.1 Å². The maximum absolute atomic E-state index is 13.5. The number of benzene rings is 1. The van der Waals surface area contributed by atoms with Gasteiger partial charge in [-0.05, 0) is 24.6 Å². The molecule has 4 nitrogen and oxygen atoms in total. The standard InChI is InChI=1S/C12H11FN2O2/c1-2-15-7-9(6-14-15)8-3-4-10(12(16)17)11(13)5-8/h3-7H,2H2,1H3,(H,16,17). The Bertz CT molecular complexity index is 563. The maximum Gasteiger partial charge on any atom is 0.338 e. The van der Waals surface area contributed by atoms with Crippen LogP contribution in [-0.2, 0) is 6.54 Å². The molecule has 0 aliphatic rings. The van der Waals surface area contributed by atoms with Gasteiger partial charge in [-0.3, -0.25) is 4.68 Å².